The fourth-order valence-electron chi connectivity index (χ4n) is 3.63. The lowest BCUT2D eigenvalue weighted by atomic mass is 9.94. The van der Waals surface area contributed by atoms with Gasteiger partial charge in [-0.2, -0.15) is 0 Å². The molecule has 0 bridgehead atoms. The Morgan fingerprint density at radius 2 is 1.67 bits per heavy atom. The lowest BCUT2D eigenvalue weighted by Gasteiger charge is -2.16. The van der Waals surface area contributed by atoms with E-state index in [1.807, 2.05) is 81.6 Å². The Bertz CT molecular complexity index is 1270. The van der Waals surface area contributed by atoms with Crippen molar-refractivity contribution < 1.29 is 9.90 Å². The lowest BCUT2D eigenvalue weighted by Crippen LogP contribution is -2.27. The SMILES string of the molecule is Cc1ccc(-c2cc(C(=O)N[C@H](C)c3cnc(C)nc3)cc(-c3ccccc3CO)c2)nc1. The monoisotopic (exact) mass is 438 g/mol. The molecule has 0 radical (unpaired) electrons. The van der Waals surface area contributed by atoms with Crippen LogP contribution in [-0.2, 0) is 6.61 Å². The molecule has 1 atom stereocenters. The molecule has 0 spiro atoms. The molecule has 6 heteroatoms. The summed E-state index contributed by atoms with van der Waals surface area (Å²) in [5, 5.41) is 12.9. The van der Waals surface area contributed by atoms with Crippen molar-refractivity contribution in [1.29, 1.82) is 0 Å². The van der Waals surface area contributed by atoms with Crippen molar-refractivity contribution in [2.24, 2.45) is 0 Å². The van der Waals surface area contributed by atoms with E-state index < -0.39 is 0 Å². The topological polar surface area (TPSA) is 88.0 Å². The number of aromatic nitrogens is 3. The summed E-state index contributed by atoms with van der Waals surface area (Å²) in [4.78, 5) is 26.2. The van der Waals surface area contributed by atoms with Crippen molar-refractivity contribution in [3.05, 3.63) is 101 Å². The number of carbonyl (C=O) groups excluding carboxylic acids is 1. The second kappa shape index (κ2) is 9.71. The maximum Gasteiger partial charge on any atom is 0.251 e. The van der Waals surface area contributed by atoms with Gasteiger partial charge in [0.1, 0.15) is 5.82 Å². The van der Waals surface area contributed by atoms with E-state index in [9.17, 15) is 9.90 Å². The number of nitrogens with one attached hydrogen (secondary N) is 1. The van der Waals surface area contributed by atoms with E-state index in [1.54, 1.807) is 12.4 Å². The van der Waals surface area contributed by atoms with Crippen LogP contribution in [0.2, 0.25) is 0 Å². The Hall–Kier alpha value is -3.90. The van der Waals surface area contributed by atoms with Crippen LogP contribution in [0.15, 0.2) is 73.2 Å². The highest BCUT2D eigenvalue weighted by molar-refractivity contribution is 5.97. The van der Waals surface area contributed by atoms with Crippen LogP contribution in [0.25, 0.3) is 22.4 Å². The number of benzene rings is 2. The number of amides is 1. The summed E-state index contributed by atoms with van der Waals surface area (Å²) in [5.74, 6) is 0.475. The number of rotatable bonds is 6. The number of hydrogen-bond donors (Lipinski definition) is 2. The summed E-state index contributed by atoms with van der Waals surface area (Å²) in [6.45, 7) is 5.62. The molecule has 4 rings (SSSR count). The second-order valence-electron chi connectivity index (χ2n) is 8.09. The first-order valence-corrected chi connectivity index (χ1v) is 10.8. The van der Waals surface area contributed by atoms with Crippen LogP contribution in [0.3, 0.4) is 0 Å². The van der Waals surface area contributed by atoms with Crippen molar-refractivity contribution in [1.82, 2.24) is 20.3 Å². The van der Waals surface area contributed by atoms with Gasteiger partial charge in [0.25, 0.3) is 5.91 Å². The smallest absolute Gasteiger partial charge is 0.251 e. The van der Waals surface area contributed by atoms with E-state index in [2.05, 4.69) is 20.3 Å². The van der Waals surface area contributed by atoms with Crippen molar-refractivity contribution in [2.75, 3.05) is 0 Å². The minimum Gasteiger partial charge on any atom is -0.392 e. The van der Waals surface area contributed by atoms with Gasteiger partial charge in [-0.1, -0.05) is 30.3 Å². The number of aliphatic hydroxyl groups is 1. The Morgan fingerprint density at radius 1 is 0.939 bits per heavy atom. The van der Waals surface area contributed by atoms with Gasteiger partial charge in [0.15, 0.2) is 0 Å². The largest absolute Gasteiger partial charge is 0.392 e. The van der Waals surface area contributed by atoms with E-state index >= 15 is 0 Å². The molecule has 2 N–H and O–H groups in total. The summed E-state index contributed by atoms with van der Waals surface area (Å²) in [5.41, 5.74) is 6.53. The highest BCUT2D eigenvalue weighted by atomic mass is 16.3. The van der Waals surface area contributed by atoms with Crippen LogP contribution in [-0.4, -0.2) is 26.0 Å². The Labute approximate surface area is 193 Å². The summed E-state index contributed by atoms with van der Waals surface area (Å²) in [7, 11) is 0. The maximum atomic E-state index is 13.2. The zero-order valence-corrected chi connectivity index (χ0v) is 18.9. The average molecular weight is 439 g/mol. The average Bonchev–Trinajstić information content (AvgIpc) is 2.84. The molecule has 0 aliphatic heterocycles. The predicted octanol–water partition coefficient (Wildman–Crippen LogP) is 4.81. The molecule has 2 aromatic heterocycles. The predicted molar refractivity (Wildman–Crippen MR) is 128 cm³/mol. The van der Waals surface area contributed by atoms with Gasteiger partial charge in [-0.15, -0.1) is 0 Å². The van der Waals surface area contributed by atoms with Gasteiger partial charge in [0, 0.05) is 35.3 Å². The summed E-state index contributed by atoms with van der Waals surface area (Å²) in [6, 6.07) is 17.0. The Morgan fingerprint density at radius 3 is 2.36 bits per heavy atom. The summed E-state index contributed by atoms with van der Waals surface area (Å²) >= 11 is 0. The third kappa shape index (κ3) is 5.13. The molecule has 166 valence electrons. The lowest BCUT2D eigenvalue weighted by molar-refractivity contribution is 0.0940. The highest BCUT2D eigenvalue weighted by Crippen LogP contribution is 2.30. The maximum absolute atomic E-state index is 13.2. The molecule has 0 fully saturated rings. The number of carbonyl (C=O) groups is 1. The second-order valence-corrected chi connectivity index (χ2v) is 8.09. The fraction of sp³-hybridized carbons (Fsp3) is 0.185. The molecule has 0 unspecified atom stereocenters. The number of pyridine rings is 1. The minimum atomic E-state index is -0.257. The third-order valence-electron chi connectivity index (χ3n) is 5.55. The molecule has 33 heavy (non-hydrogen) atoms. The highest BCUT2D eigenvalue weighted by Gasteiger charge is 2.16. The molecule has 4 aromatic rings. The van der Waals surface area contributed by atoms with Crippen molar-refractivity contribution in [3.8, 4) is 22.4 Å². The van der Waals surface area contributed by atoms with Crippen LogP contribution in [0, 0.1) is 13.8 Å². The zero-order valence-electron chi connectivity index (χ0n) is 18.9. The molecule has 1 amide bonds. The number of nitrogens with zero attached hydrogens (tertiary/aromatic N) is 3. The van der Waals surface area contributed by atoms with Crippen molar-refractivity contribution >= 4 is 5.91 Å². The van der Waals surface area contributed by atoms with E-state index in [0.29, 0.717) is 11.4 Å². The molecule has 2 heterocycles. The molecule has 0 saturated heterocycles. The fourth-order valence-corrected chi connectivity index (χ4v) is 3.63. The molecule has 2 aromatic carbocycles. The van der Waals surface area contributed by atoms with E-state index in [1.165, 1.54) is 0 Å². The Balaban J connectivity index is 1.74. The molecule has 0 aliphatic rings. The third-order valence-corrected chi connectivity index (χ3v) is 5.55. The number of aryl methyl sites for hydroxylation is 2. The normalized spacial score (nSPS) is 11.8. The first-order chi connectivity index (χ1) is 15.9. The standard InChI is InChI=1S/C27H26N4O2/c1-17-8-9-26(30-13-17)22-10-21(25-7-5-4-6-20(25)16-32)11-23(12-22)27(33)31-18(2)24-14-28-19(3)29-15-24/h4-15,18,32H,16H2,1-3H3,(H,31,33)/t18-/m1/s1. The number of aliphatic hydroxyl groups excluding tert-OH is 1. The van der Waals surface area contributed by atoms with Gasteiger partial charge >= 0.3 is 0 Å². The zero-order chi connectivity index (χ0) is 23.4. The Kier molecular flexibility index (Phi) is 6.56. The van der Waals surface area contributed by atoms with Crippen LogP contribution >= 0.6 is 0 Å². The van der Waals surface area contributed by atoms with Gasteiger partial charge in [0.2, 0.25) is 0 Å². The van der Waals surface area contributed by atoms with Crippen LogP contribution < -0.4 is 5.32 Å². The van der Waals surface area contributed by atoms with E-state index in [0.717, 1.165) is 39.1 Å². The van der Waals surface area contributed by atoms with Gasteiger partial charge in [-0.25, -0.2) is 9.97 Å². The first-order valence-electron chi connectivity index (χ1n) is 10.8. The molecule has 0 aliphatic carbocycles. The quantitative estimate of drug-likeness (QED) is 0.451. The summed E-state index contributed by atoms with van der Waals surface area (Å²) < 4.78 is 0. The minimum absolute atomic E-state index is 0.0881. The molecule has 0 saturated carbocycles. The van der Waals surface area contributed by atoms with E-state index in [4.69, 9.17) is 0 Å². The number of hydrogen-bond acceptors (Lipinski definition) is 5. The van der Waals surface area contributed by atoms with Gasteiger partial charge < -0.3 is 10.4 Å². The van der Waals surface area contributed by atoms with E-state index in [-0.39, 0.29) is 18.6 Å². The van der Waals surface area contributed by atoms with Gasteiger partial charge in [-0.3, -0.25) is 9.78 Å². The molecular weight excluding hydrogens is 412 g/mol. The van der Waals surface area contributed by atoms with Crippen LogP contribution in [0.4, 0.5) is 0 Å². The van der Waals surface area contributed by atoms with Gasteiger partial charge in [-0.05, 0) is 67.3 Å². The van der Waals surface area contributed by atoms with Gasteiger partial charge in [0.05, 0.1) is 18.3 Å². The molecule has 6 nitrogen and oxygen atoms in total. The van der Waals surface area contributed by atoms with Crippen LogP contribution in [0.5, 0.6) is 0 Å². The van der Waals surface area contributed by atoms with Crippen molar-refractivity contribution in [2.45, 2.75) is 33.4 Å². The first kappa shape index (κ1) is 22.3. The van der Waals surface area contributed by atoms with Crippen molar-refractivity contribution in [3.63, 3.8) is 0 Å². The summed E-state index contributed by atoms with van der Waals surface area (Å²) in [6.07, 6.45) is 5.26. The van der Waals surface area contributed by atoms with Crippen LogP contribution in [0.1, 0.15) is 45.8 Å². The molecular formula is C27H26N4O2.